The molecule has 0 fully saturated rings. The summed E-state index contributed by atoms with van der Waals surface area (Å²) >= 11 is 5.91. The fourth-order valence-electron chi connectivity index (χ4n) is 3.12. The molecule has 0 saturated carbocycles. The lowest BCUT2D eigenvalue weighted by Gasteiger charge is -2.19. The molecule has 0 saturated heterocycles. The molecule has 162 valence electrons. The van der Waals surface area contributed by atoms with Crippen molar-refractivity contribution in [2.24, 2.45) is 0 Å². The molecule has 0 aliphatic rings. The molecule has 1 aromatic heterocycles. The molecule has 2 aromatic carbocycles. The molecule has 7 heteroatoms. The zero-order valence-electron chi connectivity index (χ0n) is 17.7. The summed E-state index contributed by atoms with van der Waals surface area (Å²) in [5.41, 5.74) is 2.76. The third kappa shape index (κ3) is 6.62. The van der Waals surface area contributed by atoms with Crippen LogP contribution in [0.2, 0.25) is 5.02 Å². The molecular formula is C24H26ClN3O3. The lowest BCUT2D eigenvalue weighted by Crippen LogP contribution is -2.29. The van der Waals surface area contributed by atoms with Gasteiger partial charge in [0.1, 0.15) is 11.5 Å². The maximum absolute atomic E-state index is 12.2. The first-order valence-corrected chi connectivity index (χ1v) is 10.5. The van der Waals surface area contributed by atoms with Crippen molar-refractivity contribution in [2.45, 2.75) is 26.9 Å². The predicted molar refractivity (Wildman–Crippen MR) is 123 cm³/mol. The molecule has 1 heterocycles. The summed E-state index contributed by atoms with van der Waals surface area (Å²) in [5, 5.41) is 6.63. The average molecular weight is 440 g/mol. The molecule has 31 heavy (non-hydrogen) atoms. The number of carbonyl (C=O) groups is 2. The van der Waals surface area contributed by atoms with Crippen LogP contribution in [0.1, 0.15) is 25.2 Å². The SMILES string of the molecule is CCN(Cc1cccc(NCC(=O)NCc2ccc(-c3ccc(Cl)cc3)o2)c1)C(C)=O. The number of nitrogens with zero attached hydrogens (tertiary/aromatic N) is 1. The van der Waals surface area contributed by atoms with Crippen molar-refractivity contribution in [2.75, 3.05) is 18.4 Å². The molecule has 3 aromatic rings. The van der Waals surface area contributed by atoms with Gasteiger partial charge in [0.25, 0.3) is 0 Å². The summed E-state index contributed by atoms with van der Waals surface area (Å²) in [6, 6.07) is 18.8. The number of amides is 2. The van der Waals surface area contributed by atoms with E-state index in [1.807, 2.05) is 55.5 Å². The second kappa shape index (κ2) is 10.7. The number of nitrogens with one attached hydrogen (secondary N) is 2. The van der Waals surface area contributed by atoms with Crippen LogP contribution >= 0.6 is 11.6 Å². The average Bonchev–Trinajstić information content (AvgIpc) is 3.24. The summed E-state index contributed by atoms with van der Waals surface area (Å²) in [6.45, 7) is 5.15. The van der Waals surface area contributed by atoms with Crippen LogP contribution in [0, 0.1) is 0 Å². The van der Waals surface area contributed by atoms with E-state index in [1.54, 1.807) is 24.0 Å². The van der Waals surface area contributed by atoms with Crippen LogP contribution in [0.15, 0.2) is 65.1 Å². The predicted octanol–water partition coefficient (Wildman–Crippen LogP) is 4.70. The van der Waals surface area contributed by atoms with Crippen molar-refractivity contribution in [3.63, 3.8) is 0 Å². The van der Waals surface area contributed by atoms with Crippen molar-refractivity contribution >= 4 is 29.1 Å². The Kier molecular flexibility index (Phi) is 7.73. The van der Waals surface area contributed by atoms with E-state index in [0.29, 0.717) is 30.4 Å². The minimum absolute atomic E-state index is 0.0392. The topological polar surface area (TPSA) is 74.6 Å². The first-order chi connectivity index (χ1) is 14.9. The number of carbonyl (C=O) groups excluding carboxylic acids is 2. The van der Waals surface area contributed by atoms with Crippen LogP contribution in [-0.4, -0.2) is 29.8 Å². The van der Waals surface area contributed by atoms with Crippen LogP contribution in [0.25, 0.3) is 11.3 Å². The summed E-state index contributed by atoms with van der Waals surface area (Å²) in [7, 11) is 0. The van der Waals surface area contributed by atoms with Gasteiger partial charge in [-0.05, 0) is 61.0 Å². The maximum Gasteiger partial charge on any atom is 0.239 e. The highest BCUT2D eigenvalue weighted by Gasteiger charge is 2.09. The van der Waals surface area contributed by atoms with Crippen LogP contribution in [0.4, 0.5) is 5.69 Å². The first kappa shape index (κ1) is 22.4. The van der Waals surface area contributed by atoms with E-state index in [4.69, 9.17) is 16.0 Å². The number of furan rings is 1. The van der Waals surface area contributed by atoms with E-state index in [-0.39, 0.29) is 18.4 Å². The summed E-state index contributed by atoms with van der Waals surface area (Å²) in [5.74, 6) is 1.29. The Labute approximate surface area is 187 Å². The van der Waals surface area contributed by atoms with Gasteiger partial charge in [0.05, 0.1) is 13.1 Å². The highest BCUT2D eigenvalue weighted by molar-refractivity contribution is 6.30. The van der Waals surface area contributed by atoms with Gasteiger partial charge in [-0.3, -0.25) is 9.59 Å². The third-order valence-corrected chi connectivity index (χ3v) is 5.08. The molecular weight excluding hydrogens is 414 g/mol. The van der Waals surface area contributed by atoms with Crippen molar-refractivity contribution in [1.29, 1.82) is 0 Å². The molecule has 0 spiro atoms. The van der Waals surface area contributed by atoms with Gasteiger partial charge in [0, 0.05) is 36.3 Å². The minimum atomic E-state index is -0.145. The van der Waals surface area contributed by atoms with Gasteiger partial charge >= 0.3 is 0 Å². The van der Waals surface area contributed by atoms with Crippen molar-refractivity contribution < 1.29 is 14.0 Å². The van der Waals surface area contributed by atoms with E-state index < -0.39 is 0 Å². The van der Waals surface area contributed by atoms with E-state index in [1.165, 1.54) is 0 Å². The molecule has 6 nitrogen and oxygen atoms in total. The Balaban J connectivity index is 1.48. The maximum atomic E-state index is 12.2. The van der Waals surface area contributed by atoms with Gasteiger partial charge in [0.15, 0.2) is 0 Å². The van der Waals surface area contributed by atoms with Crippen LogP contribution in [0.3, 0.4) is 0 Å². The van der Waals surface area contributed by atoms with Crippen molar-refractivity contribution in [3.8, 4) is 11.3 Å². The van der Waals surface area contributed by atoms with E-state index in [0.717, 1.165) is 22.6 Å². The summed E-state index contributed by atoms with van der Waals surface area (Å²) in [4.78, 5) is 25.6. The smallest absolute Gasteiger partial charge is 0.239 e. The zero-order valence-corrected chi connectivity index (χ0v) is 18.4. The zero-order chi connectivity index (χ0) is 22.2. The van der Waals surface area contributed by atoms with Gasteiger partial charge in [-0.1, -0.05) is 23.7 Å². The minimum Gasteiger partial charge on any atom is -0.459 e. The van der Waals surface area contributed by atoms with Crippen LogP contribution < -0.4 is 10.6 Å². The van der Waals surface area contributed by atoms with E-state index >= 15 is 0 Å². The number of rotatable bonds is 9. The molecule has 2 amide bonds. The fraction of sp³-hybridized carbons (Fsp3) is 0.250. The molecule has 0 atom stereocenters. The molecule has 0 bridgehead atoms. The monoisotopic (exact) mass is 439 g/mol. The number of benzene rings is 2. The van der Waals surface area contributed by atoms with Gasteiger partial charge in [-0.15, -0.1) is 0 Å². The second-order valence-corrected chi connectivity index (χ2v) is 7.57. The van der Waals surface area contributed by atoms with Gasteiger partial charge in [-0.25, -0.2) is 0 Å². The molecule has 0 unspecified atom stereocenters. The number of anilines is 1. The van der Waals surface area contributed by atoms with E-state index in [2.05, 4.69) is 10.6 Å². The second-order valence-electron chi connectivity index (χ2n) is 7.14. The highest BCUT2D eigenvalue weighted by Crippen LogP contribution is 2.23. The lowest BCUT2D eigenvalue weighted by atomic mass is 10.2. The number of hydrogen-bond donors (Lipinski definition) is 2. The van der Waals surface area contributed by atoms with Gasteiger partial charge < -0.3 is 20.0 Å². The van der Waals surface area contributed by atoms with Crippen molar-refractivity contribution in [3.05, 3.63) is 77.0 Å². The van der Waals surface area contributed by atoms with Gasteiger partial charge in [-0.2, -0.15) is 0 Å². The van der Waals surface area contributed by atoms with Crippen molar-refractivity contribution in [1.82, 2.24) is 10.2 Å². The Morgan fingerprint density at radius 2 is 1.84 bits per heavy atom. The quantitative estimate of drug-likeness (QED) is 0.507. The molecule has 0 aliphatic heterocycles. The summed E-state index contributed by atoms with van der Waals surface area (Å²) < 4.78 is 5.79. The van der Waals surface area contributed by atoms with Gasteiger partial charge in [0.2, 0.25) is 11.8 Å². The number of halogens is 1. The Morgan fingerprint density at radius 3 is 2.55 bits per heavy atom. The normalized spacial score (nSPS) is 10.5. The van der Waals surface area contributed by atoms with E-state index in [9.17, 15) is 9.59 Å². The van der Waals surface area contributed by atoms with Crippen LogP contribution in [-0.2, 0) is 22.7 Å². The fourth-order valence-corrected chi connectivity index (χ4v) is 3.24. The Hall–Kier alpha value is -3.25. The lowest BCUT2D eigenvalue weighted by molar-refractivity contribution is -0.129. The first-order valence-electron chi connectivity index (χ1n) is 10.1. The molecule has 3 rings (SSSR count). The molecule has 2 N–H and O–H groups in total. The highest BCUT2D eigenvalue weighted by atomic mass is 35.5. The Morgan fingerprint density at radius 1 is 1.06 bits per heavy atom. The molecule has 0 radical (unpaired) electrons. The number of hydrogen-bond acceptors (Lipinski definition) is 4. The third-order valence-electron chi connectivity index (χ3n) is 4.83. The molecule has 0 aliphatic carbocycles. The largest absolute Gasteiger partial charge is 0.459 e. The summed E-state index contributed by atoms with van der Waals surface area (Å²) in [6.07, 6.45) is 0. The standard InChI is InChI=1S/C24H26ClN3O3/c1-3-28(17(2)29)16-18-5-4-6-21(13-18)26-15-24(30)27-14-22-11-12-23(31-22)19-7-9-20(25)10-8-19/h4-13,26H,3,14-16H2,1-2H3,(H,27,30). The Bertz CT molecular complexity index is 1030. The van der Waals surface area contributed by atoms with Crippen LogP contribution in [0.5, 0.6) is 0 Å².